The number of aromatic nitrogens is 2. The third-order valence-electron chi connectivity index (χ3n) is 2.56. The highest BCUT2D eigenvalue weighted by molar-refractivity contribution is 7.71. The van der Waals surface area contributed by atoms with E-state index in [9.17, 15) is 4.39 Å². The van der Waals surface area contributed by atoms with Gasteiger partial charge in [-0.05, 0) is 36.3 Å². The van der Waals surface area contributed by atoms with E-state index in [4.69, 9.17) is 23.8 Å². The molecule has 0 radical (unpaired) electrons. The molecule has 2 rings (SSSR count). The Morgan fingerprint density at radius 3 is 2.71 bits per heavy atom. The lowest BCUT2D eigenvalue weighted by Crippen LogP contribution is -2.02. The Labute approximate surface area is 109 Å². The lowest BCUT2D eigenvalue weighted by molar-refractivity contribution is 0.626. The number of hydrogen-bond donors (Lipinski definition) is 1. The van der Waals surface area contributed by atoms with Crippen molar-refractivity contribution in [3.63, 3.8) is 0 Å². The first-order valence-electron chi connectivity index (χ1n) is 5.26. The largest absolute Gasteiger partial charge is 0.337 e. The molecule has 1 N–H and O–H groups in total. The summed E-state index contributed by atoms with van der Waals surface area (Å²) in [6.07, 6.45) is 1.85. The average Bonchev–Trinajstić information content (AvgIpc) is 2.64. The van der Waals surface area contributed by atoms with Crippen LogP contribution < -0.4 is 0 Å². The summed E-state index contributed by atoms with van der Waals surface area (Å²) >= 11 is 10.9. The van der Waals surface area contributed by atoms with Gasteiger partial charge in [-0.1, -0.05) is 25.4 Å². The van der Waals surface area contributed by atoms with Crippen molar-refractivity contribution in [3.05, 3.63) is 45.7 Å². The van der Waals surface area contributed by atoms with Crippen molar-refractivity contribution in [2.45, 2.75) is 19.8 Å². The van der Waals surface area contributed by atoms with Crippen LogP contribution in [-0.2, 0) is 0 Å². The maximum absolute atomic E-state index is 13.4. The lowest BCUT2D eigenvalue weighted by atomic mass is 10.1. The minimum absolute atomic E-state index is 0.113. The monoisotopic (exact) mass is 270 g/mol. The van der Waals surface area contributed by atoms with E-state index < -0.39 is 5.82 Å². The molecule has 0 aliphatic rings. The summed E-state index contributed by atoms with van der Waals surface area (Å²) in [7, 11) is 0. The SMILES string of the molecule is CC(C)c1c[nH]c(=S)n1-c1ccc(Cl)c(F)c1. The van der Waals surface area contributed by atoms with Gasteiger partial charge in [0.15, 0.2) is 4.77 Å². The van der Waals surface area contributed by atoms with Gasteiger partial charge in [-0.3, -0.25) is 4.57 Å². The van der Waals surface area contributed by atoms with Gasteiger partial charge in [-0.2, -0.15) is 0 Å². The van der Waals surface area contributed by atoms with Crippen LogP contribution in [0.3, 0.4) is 0 Å². The normalized spacial score (nSPS) is 11.1. The molecule has 2 aromatic rings. The van der Waals surface area contributed by atoms with Crippen LogP contribution in [0.5, 0.6) is 0 Å². The van der Waals surface area contributed by atoms with E-state index in [0.717, 1.165) is 5.69 Å². The number of benzene rings is 1. The van der Waals surface area contributed by atoms with E-state index in [1.54, 1.807) is 6.07 Å². The van der Waals surface area contributed by atoms with E-state index >= 15 is 0 Å². The topological polar surface area (TPSA) is 20.7 Å². The summed E-state index contributed by atoms with van der Waals surface area (Å²) in [6.45, 7) is 4.11. The molecule has 90 valence electrons. The van der Waals surface area contributed by atoms with Crippen molar-refractivity contribution in [1.29, 1.82) is 0 Å². The fraction of sp³-hybridized carbons (Fsp3) is 0.250. The molecule has 0 bridgehead atoms. The third-order valence-corrected chi connectivity index (χ3v) is 3.16. The van der Waals surface area contributed by atoms with Gasteiger partial charge >= 0.3 is 0 Å². The van der Waals surface area contributed by atoms with Gasteiger partial charge in [0.05, 0.1) is 10.7 Å². The number of hydrogen-bond acceptors (Lipinski definition) is 1. The molecule has 2 nitrogen and oxygen atoms in total. The van der Waals surface area contributed by atoms with Crippen molar-refractivity contribution in [3.8, 4) is 5.69 Å². The number of halogens is 2. The Kier molecular flexibility index (Phi) is 3.35. The van der Waals surface area contributed by atoms with Gasteiger partial charge in [0.1, 0.15) is 5.82 Å². The van der Waals surface area contributed by atoms with Crippen LogP contribution in [0.4, 0.5) is 4.39 Å². The molecule has 1 aromatic heterocycles. The van der Waals surface area contributed by atoms with Crippen LogP contribution in [-0.4, -0.2) is 9.55 Å². The zero-order chi connectivity index (χ0) is 12.6. The van der Waals surface area contributed by atoms with E-state index in [1.807, 2.05) is 10.8 Å². The van der Waals surface area contributed by atoms with Gasteiger partial charge < -0.3 is 4.98 Å². The predicted octanol–water partition coefficient (Wildman–Crippen LogP) is 4.45. The zero-order valence-electron chi connectivity index (χ0n) is 9.50. The molecule has 0 saturated heterocycles. The van der Waals surface area contributed by atoms with Gasteiger partial charge in [-0.15, -0.1) is 0 Å². The second-order valence-electron chi connectivity index (χ2n) is 4.11. The van der Waals surface area contributed by atoms with E-state index in [-0.39, 0.29) is 5.02 Å². The number of rotatable bonds is 2. The van der Waals surface area contributed by atoms with E-state index in [0.29, 0.717) is 16.4 Å². The first kappa shape index (κ1) is 12.3. The molecule has 0 unspecified atom stereocenters. The quantitative estimate of drug-likeness (QED) is 0.800. The Hall–Kier alpha value is -1.13. The first-order valence-corrected chi connectivity index (χ1v) is 6.05. The molecule has 5 heteroatoms. The fourth-order valence-electron chi connectivity index (χ4n) is 1.70. The molecule has 17 heavy (non-hydrogen) atoms. The van der Waals surface area contributed by atoms with Crippen LogP contribution in [0.15, 0.2) is 24.4 Å². The third kappa shape index (κ3) is 2.28. The number of imidazole rings is 1. The Morgan fingerprint density at radius 1 is 1.41 bits per heavy atom. The highest BCUT2D eigenvalue weighted by Crippen LogP contribution is 2.23. The average molecular weight is 271 g/mol. The summed E-state index contributed by atoms with van der Waals surface area (Å²) < 4.78 is 15.8. The molecule has 0 aliphatic heterocycles. The Morgan fingerprint density at radius 2 is 2.12 bits per heavy atom. The van der Waals surface area contributed by atoms with Crippen molar-refractivity contribution < 1.29 is 4.39 Å². The summed E-state index contributed by atoms with van der Waals surface area (Å²) in [5.41, 5.74) is 1.69. The van der Waals surface area contributed by atoms with Crippen LogP contribution in [0.2, 0.25) is 5.02 Å². The van der Waals surface area contributed by atoms with Crippen molar-refractivity contribution in [1.82, 2.24) is 9.55 Å². The maximum Gasteiger partial charge on any atom is 0.182 e. The molecule has 0 aliphatic carbocycles. The number of nitrogens with one attached hydrogen (secondary N) is 1. The van der Waals surface area contributed by atoms with Crippen LogP contribution in [0.1, 0.15) is 25.5 Å². The maximum atomic E-state index is 13.4. The number of nitrogens with zero attached hydrogens (tertiary/aromatic N) is 1. The second-order valence-corrected chi connectivity index (χ2v) is 4.90. The molecule has 0 spiro atoms. The van der Waals surface area contributed by atoms with Crippen LogP contribution in [0.25, 0.3) is 5.69 Å². The summed E-state index contributed by atoms with van der Waals surface area (Å²) in [5.74, 6) is -0.149. The predicted molar refractivity (Wildman–Crippen MR) is 70.0 cm³/mol. The van der Waals surface area contributed by atoms with Crippen molar-refractivity contribution in [2.75, 3.05) is 0 Å². The minimum Gasteiger partial charge on any atom is -0.337 e. The standard InChI is InChI=1S/C12H12ClFN2S/c1-7(2)11-6-15-12(17)16(11)8-3-4-9(13)10(14)5-8/h3-7H,1-2H3,(H,15,17). The van der Waals surface area contributed by atoms with Gasteiger partial charge in [0.25, 0.3) is 0 Å². The lowest BCUT2D eigenvalue weighted by Gasteiger charge is -2.11. The molecule has 0 amide bonds. The zero-order valence-corrected chi connectivity index (χ0v) is 11.1. The smallest absolute Gasteiger partial charge is 0.182 e. The molecule has 1 heterocycles. The molecule has 1 aromatic carbocycles. The molecular formula is C12H12ClFN2S. The van der Waals surface area contributed by atoms with Gasteiger partial charge in [-0.25, -0.2) is 4.39 Å². The van der Waals surface area contributed by atoms with Crippen molar-refractivity contribution in [2.24, 2.45) is 0 Å². The molecular weight excluding hydrogens is 259 g/mol. The Balaban J connectivity index is 2.63. The number of H-pyrrole nitrogens is 1. The van der Waals surface area contributed by atoms with E-state index in [1.165, 1.54) is 12.1 Å². The van der Waals surface area contributed by atoms with Gasteiger partial charge in [0, 0.05) is 11.9 Å². The molecule has 0 saturated carbocycles. The summed E-state index contributed by atoms with van der Waals surface area (Å²) in [4.78, 5) is 2.97. The number of aromatic amines is 1. The Bertz CT molecular complexity index is 601. The first-order chi connectivity index (χ1) is 8.00. The van der Waals surface area contributed by atoms with E-state index in [2.05, 4.69) is 18.8 Å². The summed E-state index contributed by atoms with van der Waals surface area (Å²) in [6, 6.07) is 4.67. The molecule has 0 atom stereocenters. The fourth-order valence-corrected chi connectivity index (χ4v) is 2.08. The van der Waals surface area contributed by atoms with Gasteiger partial charge in [0.2, 0.25) is 0 Å². The second kappa shape index (κ2) is 4.63. The highest BCUT2D eigenvalue weighted by atomic mass is 35.5. The summed E-state index contributed by atoms with van der Waals surface area (Å²) in [5, 5.41) is 0.113. The molecule has 0 fully saturated rings. The van der Waals surface area contributed by atoms with Crippen LogP contribution >= 0.6 is 23.8 Å². The van der Waals surface area contributed by atoms with Crippen LogP contribution in [0, 0.1) is 10.6 Å². The minimum atomic E-state index is -0.443. The highest BCUT2D eigenvalue weighted by Gasteiger charge is 2.11. The van der Waals surface area contributed by atoms with Crippen molar-refractivity contribution >= 4 is 23.8 Å².